The number of nitrogens with one attached hydrogen (secondary N) is 2. The van der Waals surface area contributed by atoms with Gasteiger partial charge in [0.05, 0.1) is 11.2 Å². The number of hydrogen-bond donors (Lipinski definition) is 3. The van der Waals surface area contributed by atoms with E-state index in [4.69, 9.17) is 0 Å². The zero-order chi connectivity index (χ0) is 25.2. The molecule has 4 aliphatic rings. The minimum atomic E-state index is -4.24. The van der Waals surface area contributed by atoms with E-state index in [0.717, 1.165) is 24.6 Å². The lowest BCUT2D eigenvalue weighted by molar-refractivity contribution is -0.165. The molecule has 2 aromatic carbocycles. The number of carbonyl (C=O) groups is 2. The van der Waals surface area contributed by atoms with E-state index >= 15 is 8.78 Å². The van der Waals surface area contributed by atoms with Gasteiger partial charge in [-0.15, -0.1) is 0 Å². The van der Waals surface area contributed by atoms with Gasteiger partial charge in [-0.3, -0.25) is 9.59 Å². The number of anilines is 1. The monoisotopic (exact) mass is 490 g/mol. The van der Waals surface area contributed by atoms with Crippen molar-refractivity contribution in [2.75, 3.05) is 5.32 Å². The minimum Gasteiger partial charge on any atom is -0.390 e. The summed E-state index contributed by atoms with van der Waals surface area (Å²) >= 11 is 0. The predicted octanol–water partition coefficient (Wildman–Crippen LogP) is 4.82. The third-order valence-electron chi connectivity index (χ3n) is 7.68. The van der Waals surface area contributed by atoms with E-state index in [1.54, 1.807) is 0 Å². The number of aliphatic hydroxyl groups is 1. The summed E-state index contributed by atoms with van der Waals surface area (Å²) in [6.07, 6.45) is 3.35. The topological polar surface area (TPSA) is 78.4 Å². The summed E-state index contributed by atoms with van der Waals surface area (Å²) in [4.78, 5) is 25.4. The zero-order valence-corrected chi connectivity index (χ0v) is 19.1. The smallest absolute Gasteiger partial charge is 0.352 e. The second-order valence-corrected chi connectivity index (χ2v) is 10.6. The molecular formula is C26H26F4N2O3. The molecule has 4 saturated carbocycles. The SMILES string of the molecule is Cc1cc(NC(=O)c2ccc(F)c(C(F)(F)C(=O)NC34CC5CC(CC(O)(C5)C3)C4)c2)ccc1F. The fraction of sp³-hybridized carbons (Fsp3) is 0.462. The van der Waals surface area contributed by atoms with Crippen molar-refractivity contribution in [3.8, 4) is 0 Å². The molecule has 2 unspecified atom stereocenters. The molecule has 4 bridgehead atoms. The summed E-state index contributed by atoms with van der Waals surface area (Å²) in [6.45, 7) is 1.50. The van der Waals surface area contributed by atoms with Gasteiger partial charge >= 0.3 is 5.92 Å². The summed E-state index contributed by atoms with van der Waals surface area (Å²) in [5.41, 5.74) is -2.87. The molecule has 2 aromatic rings. The molecule has 0 saturated heterocycles. The molecule has 0 radical (unpaired) electrons. The highest BCUT2D eigenvalue weighted by atomic mass is 19.3. The van der Waals surface area contributed by atoms with E-state index in [1.807, 2.05) is 0 Å². The van der Waals surface area contributed by atoms with Crippen molar-refractivity contribution in [1.82, 2.24) is 5.32 Å². The highest BCUT2D eigenvalue weighted by molar-refractivity contribution is 6.04. The van der Waals surface area contributed by atoms with Gasteiger partial charge in [-0.25, -0.2) is 8.78 Å². The summed E-state index contributed by atoms with van der Waals surface area (Å²) in [5, 5.41) is 15.8. The Hall–Kier alpha value is -2.94. The molecule has 0 heterocycles. The lowest BCUT2D eigenvalue weighted by atomic mass is 9.51. The first-order valence-corrected chi connectivity index (χ1v) is 11.7. The summed E-state index contributed by atoms with van der Waals surface area (Å²) in [7, 11) is 0. The Morgan fingerprint density at radius 3 is 2.29 bits per heavy atom. The second kappa shape index (κ2) is 8.05. The number of aryl methyl sites for hydroxylation is 1. The van der Waals surface area contributed by atoms with Crippen molar-refractivity contribution in [2.45, 2.75) is 62.5 Å². The number of halogens is 4. The van der Waals surface area contributed by atoms with Gasteiger partial charge in [0.15, 0.2) is 0 Å². The number of amides is 2. The molecule has 2 atom stereocenters. The van der Waals surface area contributed by atoms with Crippen LogP contribution in [-0.2, 0) is 10.7 Å². The molecule has 0 spiro atoms. The van der Waals surface area contributed by atoms with Crippen molar-refractivity contribution in [3.63, 3.8) is 0 Å². The molecule has 4 fully saturated rings. The van der Waals surface area contributed by atoms with E-state index in [9.17, 15) is 23.5 Å². The van der Waals surface area contributed by atoms with Crippen LogP contribution >= 0.6 is 0 Å². The first kappa shape index (κ1) is 23.8. The van der Waals surface area contributed by atoms with E-state index in [-0.39, 0.29) is 35.1 Å². The van der Waals surface area contributed by atoms with Crippen LogP contribution in [0, 0.1) is 30.4 Å². The van der Waals surface area contributed by atoms with Gasteiger partial charge in [0.1, 0.15) is 11.6 Å². The van der Waals surface area contributed by atoms with Crippen LogP contribution in [0.5, 0.6) is 0 Å². The zero-order valence-electron chi connectivity index (χ0n) is 19.1. The van der Waals surface area contributed by atoms with Crippen LogP contribution in [0.25, 0.3) is 0 Å². The fourth-order valence-electron chi connectivity index (χ4n) is 6.63. The first-order valence-electron chi connectivity index (χ1n) is 11.7. The van der Waals surface area contributed by atoms with Gasteiger partial charge in [0.2, 0.25) is 0 Å². The van der Waals surface area contributed by atoms with E-state index in [2.05, 4.69) is 10.6 Å². The maximum absolute atomic E-state index is 15.3. The molecule has 186 valence electrons. The average Bonchev–Trinajstić information content (AvgIpc) is 2.74. The molecule has 2 amide bonds. The van der Waals surface area contributed by atoms with Gasteiger partial charge in [-0.1, -0.05) is 0 Å². The normalized spacial score (nSPS) is 29.2. The maximum Gasteiger partial charge on any atom is 0.352 e. The maximum atomic E-state index is 15.3. The van der Waals surface area contributed by atoms with Gasteiger partial charge in [0.25, 0.3) is 11.8 Å². The Labute approximate surface area is 199 Å². The van der Waals surface area contributed by atoms with Crippen molar-refractivity contribution < 1.29 is 32.3 Å². The molecule has 5 nitrogen and oxygen atoms in total. The lowest BCUT2D eigenvalue weighted by Crippen LogP contribution is -2.66. The van der Waals surface area contributed by atoms with Crippen LogP contribution in [0.4, 0.5) is 23.2 Å². The third kappa shape index (κ3) is 4.30. The number of carbonyl (C=O) groups excluding carboxylic acids is 2. The Morgan fingerprint density at radius 2 is 1.66 bits per heavy atom. The van der Waals surface area contributed by atoms with Crippen LogP contribution in [0.1, 0.15) is 60.0 Å². The molecule has 6 rings (SSSR count). The molecular weight excluding hydrogens is 464 g/mol. The van der Waals surface area contributed by atoms with Crippen molar-refractivity contribution in [3.05, 3.63) is 64.7 Å². The van der Waals surface area contributed by atoms with E-state index in [0.29, 0.717) is 31.7 Å². The number of benzene rings is 2. The quantitative estimate of drug-likeness (QED) is 0.526. The van der Waals surface area contributed by atoms with Crippen LogP contribution in [-0.4, -0.2) is 28.1 Å². The van der Waals surface area contributed by atoms with Crippen LogP contribution in [0.3, 0.4) is 0 Å². The average molecular weight is 490 g/mol. The van der Waals surface area contributed by atoms with Crippen molar-refractivity contribution in [1.29, 1.82) is 0 Å². The molecule has 3 N–H and O–H groups in total. The highest BCUT2D eigenvalue weighted by Gasteiger charge is 2.59. The number of hydrogen-bond acceptors (Lipinski definition) is 3. The Morgan fingerprint density at radius 1 is 1.00 bits per heavy atom. The van der Waals surface area contributed by atoms with Gasteiger partial charge in [-0.2, -0.15) is 8.78 Å². The van der Waals surface area contributed by atoms with Gasteiger partial charge in [-0.05, 0) is 99.2 Å². The standard InChI is InChI=1S/C26H26F4N2O3/c1-14-6-18(3-5-20(14)27)31-22(33)17-2-4-21(28)19(8-17)26(29,30)23(34)32-24-9-15-7-16(10-24)12-25(35,11-15)13-24/h2-6,8,15-16,35H,7,9-13H2,1H3,(H,31,33)(H,32,34). The highest BCUT2D eigenvalue weighted by Crippen LogP contribution is 2.57. The Balaban J connectivity index is 1.37. The van der Waals surface area contributed by atoms with Crippen LogP contribution in [0.2, 0.25) is 0 Å². The van der Waals surface area contributed by atoms with Crippen LogP contribution < -0.4 is 10.6 Å². The summed E-state index contributed by atoms with van der Waals surface area (Å²) < 4.78 is 58.5. The predicted molar refractivity (Wildman–Crippen MR) is 120 cm³/mol. The van der Waals surface area contributed by atoms with Crippen molar-refractivity contribution >= 4 is 17.5 Å². The summed E-state index contributed by atoms with van der Waals surface area (Å²) in [6, 6.07) is 6.25. The second-order valence-electron chi connectivity index (χ2n) is 10.6. The minimum absolute atomic E-state index is 0.161. The van der Waals surface area contributed by atoms with Gasteiger partial charge < -0.3 is 15.7 Å². The molecule has 0 aliphatic heterocycles. The molecule has 0 aromatic heterocycles. The Kier molecular flexibility index (Phi) is 5.47. The van der Waals surface area contributed by atoms with E-state index in [1.165, 1.54) is 19.1 Å². The lowest BCUT2D eigenvalue weighted by Gasteiger charge is -2.60. The van der Waals surface area contributed by atoms with Crippen molar-refractivity contribution in [2.24, 2.45) is 11.8 Å². The fourth-order valence-corrected chi connectivity index (χ4v) is 6.63. The molecule has 9 heteroatoms. The molecule has 35 heavy (non-hydrogen) atoms. The first-order chi connectivity index (χ1) is 16.4. The van der Waals surface area contributed by atoms with Gasteiger partial charge in [0, 0.05) is 16.8 Å². The third-order valence-corrected chi connectivity index (χ3v) is 7.68. The van der Waals surface area contributed by atoms with E-state index < -0.39 is 46.1 Å². The number of alkyl halides is 2. The summed E-state index contributed by atoms with van der Waals surface area (Å²) in [5.74, 6) is -8.15. The largest absolute Gasteiger partial charge is 0.390 e. The Bertz CT molecular complexity index is 1200. The van der Waals surface area contributed by atoms with Crippen LogP contribution in [0.15, 0.2) is 36.4 Å². The molecule has 4 aliphatic carbocycles. The number of rotatable bonds is 5.